The Balaban J connectivity index is 1.83. The summed E-state index contributed by atoms with van der Waals surface area (Å²) in [4.78, 5) is 0. The van der Waals surface area contributed by atoms with Gasteiger partial charge in [0.2, 0.25) is 0 Å². The van der Waals surface area contributed by atoms with Crippen LogP contribution in [0.3, 0.4) is 0 Å². The van der Waals surface area contributed by atoms with Crippen molar-refractivity contribution in [2.45, 2.75) is 33.2 Å². The SMILES string of the molecule is CC1C[C@@H]2[C@@H](C(c3ccccc3)=NN2c2ccccc2)C1(C)C. The molecule has 0 N–H and O–H groups in total. The number of anilines is 1. The molecule has 2 heteroatoms. The highest BCUT2D eigenvalue weighted by atomic mass is 15.5. The highest BCUT2D eigenvalue weighted by molar-refractivity contribution is 6.05. The molecule has 1 unspecified atom stereocenters. The van der Waals surface area contributed by atoms with Crippen molar-refractivity contribution in [3.8, 4) is 0 Å². The van der Waals surface area contributed by atoms with Crippen molar-refractivity contribution < 1.29 is 0 Å². The first-order valence-corrected chi connectivity index (χ1v) is 8.57. The van der Waals surface area contributed by atoms with Crippen molar-refractivity contribution in [2.24, 2.45) is 22.4 Å². The Hall–Kier alpha value is -2.09. The Labute approximate surface area is 138 Å². The number of hydrogen-bond donors (Lipinski definition) is 0. The van der Waals surface area contributed by atoms with Gasteiger partial charge in [-0.3, -0.25) is 5.01 Å². The molecule has 2 aliphatic rings. The van der Waals surface area contributed by atoms with E-state index in [9.17, 15) is 0 Å². The summed E-state index contributed by atoms with van der Waals surface area (Å²) >= 11 is 0. The number of rotatable bonds is 2. The predicted molar refractivity (Wildman–Crippen MR) is 96.7 cm³/mol. The van der Waals surface area contributed by atoms with Gasteiger partial charge in [0, 0.05) is 5.92 Å². The molecule has 0 radical (unpaired) electrons. The summed E-state index contributed by atoms with van der Waals surface area (Å²) in [5, 5.41) is 7.37. The summed E-state index contributed by atoms with van der Waals surface area (Å²) in [6, 6.07) is 21.8. The molecule has 2 aromatic rings. The minimum Gasteiger partial charge on any atom is -0.261 e. The highest BCUT2D eigenvalue weighted by Crippen LogP contribution is 2.53. The minimum absolute atomic E-state index is 0.267. The zero-order chi connectivity index (χ0) is 16.0. The first-order chi connectivity index (χ1) is 11.1. The van der Waals surface area contributed by atoms with Gasteiger partial charge in [0.15, 0.2) is 0 Å². The summed E-state index contributed by atoms with van der Waals surface area (Å²) in [5.41, 5.74) is 4.00. The van der Waals surface area contributed by atoms with Crippen molar-refractivity contribution in [3.05, 3.63) is 66.2 Å². The van der Waals surface area contributed by atoms with Crippen LogP contribution in [0.25, 0.3) is 0 Å². The molecule has 0 bridgehead atoms. The molecule has 0 saturated heterocycles. The molecule has 0 aromatic heterocycles. The van der Waals surface area contributed by atoms with Gasteiger partial charge in [-0.1, -0.05) is 69.3 Å². The van der Waals surface area contributed by atoms with Crippen LogP contribution in [0, 0.1) is 17.3 Å². The maximum Gasteiger partial charge on any atom is 0.0739 e. The molecule has 118 valence electrons. The Morgan fingerprint density at radius 1 is 0.957 bits per heavy atom. The van der Waals surface area contributed by atoms with Crippen molar-refractivity contribution in [1.29, 1.82) is 0 Å². The number of fused-ring (bicyclic) bond motifs is 1. The molecule has 1 saturated carbocycles. The summed E-state index contributed by atoms with van der Waals surface area (Å²) in [5.74, 6) is 1.18. The van der Waals surface area contributed by atoms with E-state index in [0.29, 0.717) is 17.9 Å². The summed E-state index contributed by atoms with van der Waals surface area (Å²) < 4.78 is 0. The van der Waals surface area contributed by atoms with Crippen LogP contribution in [-0.2, 0) is 0 Å². The van der Waals surface area contributed by atoms with Gasteiger partial charge >= 0.3 is 0 Å². The monoisotopic (exact) mass is 304 g/mol. The fourth-order valence-corrected chi connectivity index (χ4v) is 4.31. The predicted octanol–water partition coefficient (Wildman–Crippen LogP) is 4.96. The van der Waals surface area contributed by atoms with Crippen LogP contribution >= 0.6 is 0 Å². The molecule has 1 fully saturated rings. The number of nitrogens with zero attached hydrogens (tertiary/aromatic N) is 2. The van der Waals surface area contributed by atoms with Gasteiger partial charge in [-0.2, -0.15) is 5.10 Å². The van der Waals surface area contributed by atoms with Crippen LogP contribution in [0.5, 0.6) is 0 Å². The van der Waals surface area contributed by atoms with E-state index in [1.807, 2.05) is 0 Å². The van der Waals surface area contributed by atoms with Gasteiger partial charge in [0.05, 0.1) is 17.4 Å². The Morgan fingerprint density at radius 3 is 2.22 bits per heavy atom. The summed E-state index contributed by atoms with van der Waals surface area (Å²) in [7, 11) is 0. The topological polar surface area (TPSA) is 15.6 Å². The molecule has 1 aliphatic heterocycles. The van der Waals surface area contributed by atoms with E-state index in [1.54, 1.807) is 0 Å². The Bertz CT molecular complexity index is 718. The van der Waals surface area contributed by atoms with Gasteiger partial charge in [-0.25, -0.2) is 0 Å². The molecule has 1 aliphatic carbocycles. The minimum atomic E-state index is 0.267. The second-order valence-corrected chi connectivity index (χ2v) is 7.53. The van der Waals surface area contributed by atoms with E-state index in [0.717, 1.165) is 0 Å². The lowest BCUT2D eigenvalue weighted by molar-refractivity contribution is 0.244. The average Bonchev–Trinajstić information content (AvgIpc) is 3.06. The normalized spacial score (nSPS) is 28.6. The quantitative estimate of drug-likeness (QED) is 0.765. The first kappa shape index (κ1) is 14.5. The fraction of sp³-hybridized carbons (Fsp3) is 0.381. The van der Waals surface area contributed by atoms with E-state index in [4.69, 9.17) is 5.10 Å². The van der Waals surface area contributed by atoms with E-state index < -0.39 is 0 Å². The van der Waals surface area contributed by atoms with Crippen molar-refractivity contribution in [3.63, 3.8) is 0 Å². The maximum absolute atomic E-state index is 5.09. The number of para-hydroxylation sites is 1. The van der Waals surface area contributed by atoms with Crippen molar-refractivity contribution in [2.75, 3.05) is 5.01 Å². The maximum atomic E-state index is 5.09. The van der Waals surface area contributed by atoms with E-state index in [-0.39, 0.29) is 5.41 Å². The molecular weight excluding hydrogens is 280 g/mol. The Kier molecular flexibility index (Phi) is 3.29. The molecule has 0 spiro atoms. The van der Waals surface area contributed by atoms with Crippen molar-refractivity contribution >= 4 is 11.4 Å². The largest absolute Gasteiger partial charge is 0.261 e. The molecule has 1 heterocycles. The molecule has 4 rings (SSSR count). The van der Waals surface area contributed by atoms with Gasteiger partial charge in [-0.05, 0) is 35.4 Å². The third-order valence-corrected chi connectivity index (χ3v) is 5.97. The lowest BCUT2D eigenvalue weighted by Gasteiger charge is -2.31. The Morgan fingerprint density at radius 2 is 1.57 bits per heavy atom. The number of hydrazone groups is 1. The average molecular weight is 304 g/mol. The van der Waals surface area contributed by atoms with Gasteiger partial charge < -0.3 is 0 Å². The van der Waals surface area contributed by atoms with Crippen LogP contribution in [0.2, 0.25) is 0 Å². The molecule has 23 heavy (non-hydrogen) atoms. The number of hydrogen-bond acceptors (Lipinski definition) is 2. The standard InChI is InChI=1S/C21H24N2/c1-15-14-18-19(21(15,2)3)20(16-10-6-4-7-11-16)22-23(18)17-12-8-5-9-13-17/h4-13,15,18-19H,14H2,1-3H3/t15?,18-,19+/m1/s1. The van der Waals surface area contributed by atoms with Crippen LogP contribution in [-0.4, -0.2) is 11.8 Å². The van der Waals surface area contributed by atoms with Crippen LogP contribution < -0.4 is 5.01 Å². The molecule has 2 nitrogen and oxygen atoms in total. The van der Waals surface area contributed by atoms with Crippen LogP contribution in [0.4, 0.5) is 5.69 Å². The highest BCUT2D eigenvalue weighted by Gasteiger charge is 2.54. The fourth-order valence-electron chi connectivity index (χ4n) is 4.31. The lowest BCUT2D eigenvalue weighted by atomic mass is 9.72. The molecule has 0 amide bonds. The lowest BCUT2D eigenvalue weighted by Crippen LogP contribution is -2.35. The van der Waals surface area contributed by atoms with E-state index in [1.165, 1.54) is 23.4 Å². The zero-order valence-electron chi connectivity index (χ0n) is 14.1. The summed E-state index contributed by atoms with van der Waals surface area (Å²) in [6.07, 6.45) is 1.20. The van der Waals surface area contributed by atoms with E-state index in [2.05, 4.69) is 86.4 Å². The van der Waals surface area contributed by atoms with Gasteiger partial charge in [0.25, 0.3) is 0 Å². The second kappa shape index (κ2) is 5.23. The molecule has 2 aromatic carbocycles. The third-order valence-electron chi connectivity index (χ3n) is 5.97. The zero-order valence-corrected chi connectivity index (χ0v) is 14.1. The van der Waals surface area contributed by atoms with E-state index >= 15 is 0 Å². The molecular formula is C21H24N2. The van der Waals surface area contributed by atoms with Crippen LogP contribution in [0.1, 0.15) is 32.8 Å². The smallest absolute Gasteiger partial charge is 0.0739 e. The van der Waals surface area contributed by atoms with Gasteiger partial charge in [0.1, 0.15) is 0 Å². The van der Waals surface area contributed by atoms with Crippen LogP contribution in [0.15, 0.2) is 65.8 Å². The first-order valence-electron chi connectivity index (χ1n) is 8.57. The third kappa shape index (κ3) is 2.20. The molecule has 3 atom stereocenters. The number of benzene rings is 2. The summed E-state index contributed by atoms with van der Waals surface area (Å²) in [6.45, 7) is 7.22. The second-order valence-electron chi connectivity index (χ2n) is 7.53. The van der Waals surface area contributed by atoms with Crippen molar-refractivity contribution in [1.82, 2.24) is 0 Å². The van der Waals surface area contributed by atoms with Gasteiger partial charge in [-0.15, -0.1) is 0 Å².